The van der Waals surface area contributed by atoms with Crippen molar-refractivity contribution in [2.45, 2.75) is 6.54 Å². The second kappa shape index (κ2) is 6.52. The number of amides is 1. The maximum Gasteiger partial charge on any atom is 0.265 e. The Hall–Kier alpha value is -1.48. The van der Waals surface area contributed by atoms with E-state index in [-0.39, 0.29) is 5.91 Å². The van der Waals surface area contributed by atoms with Crippen molar-refractivity contribution in [2.75, 3.05) is 32.4 Å². The summed E-state index contributed by atoms with van der Waals surface area (Å²) in [6.07, 6.45) is 1.23. The highest BCUT2D eigenvalue weighted by molar-refractivity contribution is 7.88. The zero-order valence-corrected chi connectivity index (χ0v) is 12.8. The van der Waals surface area contributed by atoms with Crippen molar-refractivity contribution in [3.05, 3.63) is 35.4 Å². The van der Waals surface area contributed by atoms with Crippen LogP contribution >= 0.6 is 0 Å². The zero-order chi connectivity index (χ0) is 15.5. The minimum atomic E-state index is -3.12. The summed E-state index contributed by atoms with van der Waals surface area (Å²) < 4.78 is 24.4. The molecule has 1 fully saturated rings. The van der Waals surface area contributed by atoms with Crippen LogP contribution in [-0.2, 0) is 16.6 Å². The number of nitrogens with two attached hydrogens (primary N) is 1. The number of carbonyl (C=O) groups excluding carboxylic acids is 1. The summed E-state index contributed by atoms with van der Waals surface area (Å²) in [6.45, 7) is 2.84. The molecule has 2 rings (SSSR count). The third kappa shape index (κ3) is 4.01. The molecule has 1 aliphatic rings. The molecule has 0 atom stereocenters. The highest BCUT2D eigenvalue weighted by Gasteiger charge is 2.24. The maximum absolute atomic E-state index is 11.7. The number of nitrogens with zero attached hydrogens (tertiary/aromatic N) is 2. The molecule has 0 bridgehead atoms. The highest BCUT2D eigenvalue weighted by atomic mass is 32.2. The van der Waals surface area contributed by atoms with E-state index in [0.29, 0.717) is 38.3 Å². The van der Waals surface area contributed by atoms with Crippen LogP contribution in [0.1, 0.15) is 15.9 Å². The van der Waals surface area contributed by atoms with E-state index in [2.05, 4.69) is 10.3 Å². The van der Waals surface area contributed by atoms with Crippen molar-refractivity contribution >= 4 is 15.9 Å². The van der Waals surface area contributed by atoms with Crippen LogP contribution in [0.2, 0.25) is 0 Å². The van der Waals surface area contributed by atoms with E-state index in [0.717, 1.165) is 5.56 Å². The zero-order valence-electron chi connectivity index (χ0n) is 11.9. The average molecular weight is 312 g/mol. The Kier molecular flexibility index (Phi) is 4.94. The van der Waals surface area contributed by atoms with Gasteiger partial charge in [0.2, 0.25) is 10.0 Å². The summed E-state index contributed by atoms with van der Waals surface area (Å²) in [5.41, 5.74) is 3.57. The Bertz CT molecular complexity index is 610. The number of rotatable bonds is 4. The molecule has 0 aromatic heterocycles. The van der Waals surface area contributed by atoms with Gasteiger partial charge in [-0.1, -0.05) is 18.2 Å². The number of hydrazine groups is 1. The Morgan fingerprint density at radius 1 is 1.24 bits per heavy atom. The van der Waals surface area contributed by atoms with Gasteiger partial charge in [0, 0.05) is 38.3 Å². The number of benzene rings is 1. The monoisotopic (exact) mass is 312 g/mol. The van der Waals surface area contributed by atoms with E-state index in [1.807, 2.05) is 12.1 Å². The molecule has 1 aliphatic heterocycles. The Balaban J connectivity index is 2.03. The van der Waals surface area contributed by atoms with Crippen LogP contribution in [0.3, 0.4) is 0 Å². The molecular weight excluding hydrogens is 292 g/mol. The lowest BCUT2D eigenvalue weighted by Gasteiger charge is -2.33. The number of piperazine rings is 1. The Morgan fingerprint density at radius 3 is 2.43 bits per heavy atom. The number of carbonyl (C=O) groups is 1. The third-order valence-corrected chi connectivity index (χ3v) is 4.89. The van der Waals surface area contributed by atoms with Crippen LogP contribution in [0.5, 0.6) is 0 Å². The van der Waals surface area contributed by atoms with Gasteiger partial charge in [-0.05, 0) is 11.6 Å². The fourth-order valence-corrected chi connectivity index (χ4v) is 3.24. The summed E-state index contributed by atoms with van der Waals surface area (Å²) in [5.74, 6) is 4.87. The lowest BCUT2D eigenvalue weighted by atomic mass is 10.1. The molecule has 0 saturated carbocycles. The molecule has 0 radical (unpaired) electrons. The van der Waals surface area contributed by atoms with Crippen molar-refractivity contribution in [1.29, 1.82) is 0 Å². The molecule has 7 nitrogen and oxygen atoms in total. The average Bonchev–Trinajstić information content (AvgIpc) is 2.46. The van der Waals surface area contributed by atoms with E-state index in [1.54, 1.807) is 12.1 Å². The van der Waals surface area contributed by atoms with E-state index >= 15 is 0 Å². The summed E-state index contributed by atoms with van der Waals surface area (Å²) in [4.78, 5) is 13.8. The van der Waals surface area contributed by atoms with Crippen LogP contribution < -0.4 is 11.3 Å². The molecule has 0 spiro atoms. The highest BCUT2D eigenvalue weighted by Crippen LogP contribution is 2.14. The van der Waals surface area contributed by atoms with E-state index in [1.165, 1.54) is 10.6 Å². The van der Waals surface area contributed by atoms with Gasteiger partial charge in [-0.3, -0.25) is 15.1 Å². The maximum atomic E-state index is 11.7. The van der Waals surface area contributed by atoms with Crippen molar-refractivity contribution in [3.63, 3.8) is 0 Å². The molecule has 1 amide bonds. The van der Waals surface area contributed by atoms with Crippen molar-refractivity contribution in [3.8, 4) is 0 Å². The van der Waals surface area contributed by atoms with Gasteiger partial charge in [-0.2, -0.15) is 4.31 Å². The summed E-state index contributed by atoms with van der Waals surface area (Å²) in [5, 5.41) is 0. The topological polar surface area (TPSA) is 95.7 Å². The molecular formula is C13H20N4O3S. The molecule has 3 N–H and O–H groups in total. The van der Waals surface area contributed by atoms with Crippen LogP contribution in [-0.4, -0.2) is 56.0 Å². The Labute approximate surface area is 124 Å². The number of sulfonamides is 1. The molecule has 0 aliphatic carbocycles. The molecule has 1 heterocycles. The minimum Gasteiger partial charge on any atom is -0.296 e. The molecule has 1 aromatic carbocycles. The predicted molar refractivity (Wildman–Crippen MR) is 79.8 cm³/mol. The van der Waals surface area contributed by atoms with Crippen LogP contribution in [0.4, 0.5) is 0 Å². The molecule has 21 heavy (non-hydrogen) atoms. The Morgan fingerprint density at radius 2 is 1.86 bits per heavy atom. The summed E-state index contributed by atoms with van der Waals surface area (Å²) >= 11 is 0. The van der Waals surface area contributed by atoms with Gasteiger partial charge in [0.15, 0.2) is 0 Å². The van der Waals surface area contributed by atoms with Crippen LogP contribution in [0.15, 0.2) is 24.3 Å². The second-order valence-corrected chi connectivity index (χ2v) is 7.05. The fourth-order valence-electron chi connectivity index (χ4n) is 2.42. The van der Waals surface area contributed by atoms with Crippen LogP contribution in [0, 0.1) is 0 Å². The van der Waals surface area contributed by atoms with Crippen molar-refractivity contribution in [1.82, 2.24) is 14.6 Å². The lowest BCUT2D eigenvalue weighted by Crippen LogP contribution is -2.48. The first-order valence-electron chi connectivity index (χ1n) is 6.68. The molecule has 1 aromatic rings. The van der Waals surface area contributed by atoms with E-state index < -0.39 is 10.0 Å². The van der Waals surface area contributed by atoms with Gasteiger partial charge in [0.05, 0.1) is 6.26 Å². The SMILES string of the molecule is CS(=O)(=O)N1CCN(Cc2ccccc2C(=O)NN)CC1. The molecule has 8 heteroatoms. The van der Waals surface area contributed by atoms with Gasteiger partial charge in [0.1, 0.15) is 0 Å². The summed E-state index contributed by atoms with van der Waals surface area (Å²) in [7, 11) is -3.12. The first-order valence-corrected chi connectivity index (χ1v) is 8.53. The van der Waals surface area contributed by atoms with E-state index in [9.17, 15) is 13.2 Å². The van der Waals surface area contributed by atoms with Gasteiger partial charge in [-0.25, -0.2) is 14.3 Å². The van der Waals surface area contributed by atoms with Gasteiger partial charge in [0.25, 0.3) is 5.91 Å². The molecule has 1 saturated heterocycles. The fraction of sp³-hybridized carbons (Fsp3) is 0.462. The minimum absolute atomic E-state index is 0.319. The van der Waals surface area contributed by atoms with Crippen LogP contribution in [0.25, 0.3) is 0 Å². The van der Waals surface area contributed by atoms with E-state index in [4.69, 9.17) is 5.84 Å². The lowest BCUT2D eigenvalue weighted by molar-refractivity contribution is 0.0951. The first kappa shape index (κ1) is 15.9. The number of nitrogen functional groups attached to an aromatic ring is 1. The van der Waals surface area contributed by atoms with Gasteiger partial charge in [-0.15, -0.1) is 0 Å². The van der Waals surface area contributed by atoms with Crippen molar-refractivity contribution < 1.29 is 13.2 Å². The number of nitrogens with one attached hydrogen (secondary N) is 1. The largest absolute Gasteiger partial charge is 0.296 e. The molecule has 116 valence electrons. The van der Waals surface area contributed by atoms with Gasteiger partial charge >= 0.3 is 0 Å². The normalized spacial score (nSPS) is 17.6. The number of hydrogen-bond donors (Lipinski definition) is 2. The smallest absolute Gasteiger partial charge is 0.265 e. The standard InChI is InChI=1S/C13H20N4O3S/c1-21(19,20)17-8-6-16(7-9-17)10-11-4-2-3-5-12(11)13(18)15-14/h2-5H,6-10,14H2,1H3,(H,15,18). The van der Waals surface area contributed by atoms with Gasteiger partial charge < -0.3 is 0 Å². The predicted octanol–water partition coefficient (Wildman–Crippen LogP) is -0.633. The summed E-state index contributed by atoms with van der Waals surface area (Å²) in [6, 6.07) is 7.27. The first-order chi connectivity index (χ1) is 9.91. The third-order valence-electron chi connectivity index (χ3n) is 3.59. The number of hydrogen-bond acceptors (Lipinski definition) is 5. The van der Waals surface area contributed by atoms with Crippen molar-refractivity contribution in [2.24, 2.45) is 5.84 Å². The molecule has 0 unspecified atom stereocenters. The quantitative estimate of drug-likeness (QED) is 0.438. The second-order valence-electron chi connectivity index (χ2n) is 5.07.